The van der Waals surface area contributed by atoms with Crippen LogP contribution in [0.4, 0.5) is 8.78 Å². The number of amides is 1. The lowest BCUT2D eigenvalue weighted by molar-refractivity contribution is 0.0494. The fourth-order valence-electron chi connectivity index (χ4n) is 2.52. The van der Waals surface area contributed by atoms with Crippen molar-refractivity contribution < 1.29 is 18.7 Å². The average Bonchev–Trinajstić information content (AvgIpc) is 2.93. The van der Waals surface area contributed by atoms with Crippen molar-refractivity contribution >= 4 is 16.9 Å². The first-order valence-corrected chi connectivity index (χ1v) is 7.55. The maximum absolute atomic E-state index is 13.8. The predicted molar refractivity (Wildman–Crippen MR) is 86.9 cm³/mol. The first-order chi connectivity index (χ1) is 11.8. The summed E-state index contributed by atoms with van der Waals surface area (Å²) in [5.74, 6) is -2.09. The molecule has 0 aliphatic carbocycles. The van der Waals surface area contributed by atoms with Crippen molar-refractivity contribution in [3.05, 3.63) is 58.9 Å². The molecule has 3 aromatic rings. The van der Waals surface area contributed by atoms with Crippen molar-refractivity contribution in [3.8, 4) is 0 Å². The molecule has 2 aromatic heterocycles. The summed E-state index contributed by atoms with van der Waals surface area (Å²) in [4.78, 5) is 16.4. The normalized spacial score (nSPS) is 13.6. The van der Waals surface area contributed by atoms with Crippen LogP contribution >= 0.6 is 0 Å². The molecule has 8 heteroatoms. The molecule has 0 bridgehead atoms. The SMILES string of the molecule is Cc1[nH]nc2ncc(C(=O)NCC(C)(O)c3ccc(F)cc3F)cc12. The number of hydrogen-bond acceptors (Lipinski definition) is 4. The number of fused-ring (bicyclic) bond motifs is 1. The molecule has 130 valence electrons. The number of aromatic amines is 1. The second-order valence-electron chi connectivity index (χ2n) is 6.02. The zero-order chi connectivity index (χ0) is 18.2. The fourth-order valence-corrected chi connectivity index (χ4v) is 2.52. The third-order valence-corrected chi connectivity index (χ3v) is 3.97. The Labute approximate surface area is 141 Å². The topological polar surface area (TPSA) is 90.9 Å². The lowest BCUT2D eigenvalue weighted by atomic mass is 9.95. The van der Waals surface area contributed by atoms with E-state index in [0.717, 1.165) is 17.8 Å². The Morgan fingerprint density at radius 1 is 1.36 bits per heavy atom. The van der Waals surface area contributed by atoms with Crippen LogP contribution in [0.3, 0.4) is 0 Å². The van der Waals surface area contributed by atoms with Crippen LogP contribution in [0.25, 0.3) is 11.0 Å². The highest BCUT2D eigenvalue weighted by molar-refractivity contribution is 5.97. The Kier molecular flexibility index (Phi) is 4.22. The molecule has 0 saturated heterocycles. The number of nitrogens with one attached hydrogen (secondary N) is 2. The van der Waals surface area contributed by atoms with Gasteiger partial charge in [0.25, 0.3) is 5.91 Å². The van der Waals surface area contributed by atoms with Crippen molar-refractivity contribution in [1.29, 1.82) is 0 Å². The number of carbonyl (C=O) groups is 1. The Balaban J connectivity index is 1.76. The van der Waals surface area contributed by atoms with E-state index in [1.807, 2.05) is 0 Å². The molecule has 0 aliphatic rings. The van der Waals surface area contributed by atoms with E-state index < -0.39 is 23.1 Å². The number of H-pyrrole nitrogens is 1. The van der Waals surface area contributed by atoms with Crippen LogP contribution in [0.15, 0.2) is 30.5 Å². The van der Waals surface area contributed by atoms with Gasteiger partial charge in [-0.2, -0.15) is 5.10 Å². The van der Waals surface area contributed by atoms with E-state index >= 15 is 0 Å². The van der Waals surface area contributed by atoms with E-state index in [1.54, 1.807) is 13.0 Å². The highest BCUT2D eigenvalue weighted by Crippen LogP contribution is 2.23. The van der Waals surface area contributed by atoms with Gasteiger partial charge in [0.05, 0.1) is 12.1 Å². The van der Waals surface area contributed by atoms with Crippen LogP contribution in [-0.4, -0.2) is 32.7 Å². The van der Waals surface area contributed by atoms with Gasteiger partial charge in [-0.15, -0.1) is 0 Å². The van der Waals surface area contributed by atoms with E-state index in [-0.39, 0.29) is 17.7 Å². The number of pyridine rings is 1. The Morgan fingerprint density at radius 3 is 2.84 bits per heavy atom. The number of hydrogen-bond donors (Lipinski definition) is 3. The van der Waals surface area contributed by atoms with Crippen LogP contribution in [0.1, 0.15) is 28.5 Å². The van der Waals surface area contributed by atoms with E-state index in [1.165, 1.54) is 13.1 Å². The minimum absolute atomic E-state index is 0.103. The Bertz CT molecular complexity index is 953. The molecular weight excluding hydrogens is 330 g/mol. The molecule has 25 heavy (non-hydrogen) atoms. The largest absolute Gasteiger partial charge is 0.383 e. The van der Waals surface area contributed by atoms with Gasteiger partial charge in [-0.3, -0.25) is 9.89 Å². The third-order valence-electron chi connectivity index (χ3n) is 3.97. The van der Waals surface area contributed by atoms with Crippen LogP contribution in [0.5, 0.6) is 0 Å². The van der Waals surface area contributed by atoms with Gasteiger partial charge in [0.2, 0.25) is 0 Å². The van der Waals surface area contributed by atoms with Gasteiger partial charge in [0.15, 0.2) is 5.65 Å². The summed E-state index contributed by atoms with van der Waals surface area (Å²) in [6.07, 6.45) is 1.37. The van der Waals surface area contributed by atoms with Gasteiger partial charge < -0.3 is 10.4 Å². The van der Waals surface area contributed by atoms with Crippen molar-refractivity contribution in [1.82, 2.24) is 20.5 Å². The van der Waals surface area contributed by atoms with Crippen LogP contribution in [0, 0.1) is 18.6 Å². The van der Waals surface area contributed by atoms with E-state index in [0.29, 0.717) is 17.1 Å². The molecule has 0 radical (unpaired) electrons. The molecule has 3 N–H and O–H groups in total. The molecule has 2 heterocycles. The summed E-state index contributed by atoms with van der Waals surface area (Å²) in [6.45, 7) is 2.89. The zero-order valence-electron chi connectivity index (χ0n) is 13.6. The van der Waals surface area contributed by atoms with Crippen molar-refractivity contribution in [2.75, 3.05) is 6.54 Å². The number of aliphatic hydroxyl groups is 1. The molecule has 0 spiro atoms. The van der Waals surface area contributed by atoms with Crippen molar-refractivity contribution in [2.45, 2.75) is 19.4 Å². The number of aromatic nitrogens is 3. The Morgan fingerprint density at radius 2 is 2.12 bits per heavy atom. The average molecular weight is 346 g/mol. The summed E-state index contributed by atoms with van der Waals surface area (Å²) in [6, 6.07) is 4.52. The number of aryl methyl sites for hydroxylation is 1. The molecule has 1 unspecified atom stereocenters. The van der Waals surface area contributed by atoms with Crippen LogP contribution in [-0.2, 0) is 5.60 Å². The van der Waals surface area contributed by atoms with Gasteiger partial charge in [0.1, 0.15) is 17.2 Å². The first-order valence-electron chi connectivity index (χ1n) is 7.55. The van der Waals surface area contributed by atoms with Crippen molar-refractivity contribution in [3.63, 3.8) is 0 Å². The fraction of sp³-hybridized carbons (Fsp3) is 0.235. The monoisotopic (exact) mass is 346 g/mol. The van der Waals surface area contributed by atoms with E-state index in [2.05, 4.69) is 20.5 Å². The smallest absolute Gasteiger partial charge is 0.252 e. The molecule has 1 aromatic carbocycles. The minimum atomic E-state index is -1.70. The highest BCUT2D eigenvalue weighted by atomic mass is 19.1. The van der Waals surface area contributed by atoms with Gasteiger partial charge in [-0.25, -0.2) is 13.8 Å². The second-order valence-corrected chi connectivity index (χ2v) is 6.02. The predicted octanol–water partition coefficient (Wildman–Crippen LogP) is 2.18. The molecule has 6 nitrogen and oxygen atoms in total. The van der Waals surface area contributed by atoms with Crippen molar-refractivity contribution in [2.24, 2.45) is 0 Å². The summed E-state index contributed by atoms with van der Waals surface area (Å²) in [5.41, 5.74) is -0.246. The lowest BCUT2D eigenvalue weighted by Gasteiger charge is -2.24. The minimum Gasteiger partial charge on any atom is -0.383 e. The lowest BCUT2D eigenvalue weighted by Crippen LogP contribution is -2.39. The molecule has 0 fully saturated rings. The number of benzene rings is 1. The van der Waals surface area contributed by atoms with Gasteiger partial charge in [-0.1, -0.05) is 6.07 Å². The summed E-state index contributed by atoms with van der Waals surface area (Å²) >= 11 is 0. The molecule has 0 aliphatic heterocycles. The summed E-state index contributed by atoms with van der Waals surface area (Å²) in [7, 11) is 0. The second kappa shape index (κ2) is 6.21. The number of carbonyl (C=O) groups excluding carboxylic acids is 1. The maximum Gasteiger partial charge on any atom is 0.252 e. The third kappa shape index (κ3) is 3.34. The summed E-state index contributed by atoms with van der Waals surface area (Å²) < 4.78 is 26.8. The number of nitrogens with zero attached hydrogens (tertiary/aromatic N) is 2. The van der Waals surface area contributed by atoms with Gasteiger partial charge >= 0.3 is 0 Å². The quantitative estimate of drug-likeness (QED) is 0.675. The molecule has 3 rings (SSSR count). The summed E-state index contributed by atoms with van der Waals surface area (Å²) in [5, 5.41) is 20.4. The molecule has 1 amide bonds. The first kappa shape index (κ1) is 17.0. The Hall–Kier alpha value is -2.87. The van der Waals surface area contributed by atoms with Crippen LogP contribution in [0.2, 0.25) is 0 Å². The zero-order valence-corrected chi connectivity index (χ0v) is 13.6. The molecule has 1 atom stereocenters. The van der Waals surface area contributed by atoms with E-state index in [9.17, 15) is 18.7 Å². The van der Waals surface area contributed by atoms with Gasteiger partial charge in [-0.05, 0) is 26.0 Å². The molecular formula is C17H16F2N4O2. The number of halogens is 2. The highest BCUT2D eigenvalue weighted by Gasteiger charge is 2.27. The standard InChI is InChI=1S/C17H16F2N4O2/c1-9-12-5-10(7-20-15(12)23-22-9)16(24)21-8-17(2,25)13-4-3-11(18)6-14(13)19/h3-7,25H,8H2,1-2H3,(H,21,24)(H,20,22,23). The van der Waals surface area contributed by atoms with Crippen LogP contribution < -0.4 is 5.32 Å². The molecule has 0 saturated carbocycles. The maximum atomic E-state index is 13.8. The van der Waals surface area contributed by atoms with Gasteiger partial charge in [0, 0.05) is 28.9 Å². The van der Waals surface area contributed by atoms with E-state index in [4.69, 9.17) is 0 Å². The number of rotatable bonds is 4.